The lowest BCUT2D eigenvalue weighted by Gasteiger charge is -2.44. The molecule has 6 nitrogen and oxygen atoms in total. The molecule has 1 N–H and O–H groups in total. The van der Waals surface area contributed by atoms with Crippen molar-refractivity contribution in [2.24, 2.45) is 0 Å². The predicted molar refractivity (Wildman–Crippen MR) is 104 cm³/mol. The van der Waals surface area contributed by atoms with Crippen LogP contribution in [0.2, 0.25) is 0 Å². The van der Waals surface area contributed by atoms with Gasteiger partial charge in [0.15, 0.2) is 0 Å². The van der Waals surface area contributed by atoms with E-state index in [1.807, 2.05) is 23.9 Å². The number of piperidine rings is 1. The Balaban J connectivity index is 1.57. The number of fused-ring (bicyclic) bond motifs is 2. The number of ether oxygens (including phenoxy) is 1. The van der Waals surface area contributed by atoms with Crippen LogP contribution in [0.4, 0.5) is 0 Å². The Morgan fingerprint density at radius 3 is 2.52 bits per heavy atom. The number of nitrogens with zero attached hydrogens (tertiary/aromatic N) is 3. The summed E-state index contributed by atoms with van der Waals surface area (Å²) in [6.45, 7) is 5.06. The lowest BCUT2D eigenvalue weighted by atomic mass is 9.72. The van der Waals surface area contributed by atoms with E-state index in [9.17, 15) is 9.90 Å². The summed E-state index contributed by atoms with van der Waals surface area (Å²) >= 11 is 0. The lowest BCUT2D eigenvalue weighted by molar-refractivity contribution is -0.134. The van der Waals surface area contributed by atoms with Crippen molar-refractivity contribution in [3.05, 3.63) is 35.4 Å². The van der Waals surface area contributed by atoms with Gasteiger partial charge in [-0.15, -0.1) is 0 Å². The molecule has 0 radical (unpaired) electrons. The van der Waals surface area contributed by atoms with Gasteiger partial charge in [-0.3, -0.25) is 9.69 Å². The Bertz CT molecular complexity index is 679. The molecule has 148 valence electrons. The third kappa shape index (κ3) is 3.29. The van der Waals surface area contributed by atoms with E-state index in [4.69, 9.17) is 4.74 Å². The maximum Gasteiger partial charge on any atom is 0.236 e. The number of hydrogen-bond acceptors (Lipinski definition) is 5. The van der Waals surface area contributed by atoms with Crippen LogP contribution in [0.3, 0.4) is 0 Å². The maximum atomic E-state index is 12.5. The second-order valence-corrected chi connectivity index (χ2v) is 8.40. The molecule has 0 aromatic heterocycles. The Hall–Kier alpha value is -1.47. The van der Waals surface area contributed by atoms with Gasteiger partial charge in [-0.25, -0.2) is 0 Å². The normalized spacial score (nSPS) is 27.9. The van der Waals surface area contributed by atoms with Crippen molar-refractivity contribution in [2.75, 3.05) is 60.0 Å². The van der Waals surface area contributed by atoms with Gasteiger partial charge in [0.05, 0.1) is 31.9 Å². The zero-order chi connectivity index (χ0) is 19.0. The topological polar surface area (TPSA) is 56.3 Å². The number of morpholine rings is 1. The standard InChI is InChI=1S/C21H31N3O3/c1-22(2)15-18(25)23-9-7-21(8-10-23)17-6-4-3-5-16(17)19(20(21)26)24-11-13-27-14-12-24/h3-6,19-20,26H,7-15H2,1-2H3/t19-,20+/m1/s1. The zero-order valence-corrected chi connectivity index (χ0v) is 16.4. The van der Waals surface area contributed by atoms with Gasteiger partial charge in [0.2, 0.25) is 5.91 Å². The highest BCUT2D eigenvalue weighted by Crippen LogP contribution is 2.52. The highest BCUT2D eigenvalue weighted by molar-refractivity contribution is 5.78. The minimum absolute atomic E-state index is 0.0362. The lowest BCUT2D eigenvalue weighted by Crippen LogP contribution is -2.53. The van der Waals surface area contributed by atoms with Gasteiger partial charge in [0.25, 0.3) is 0 Å². The Kier molecular flexibility index (Phi) is 5.25. The van der Waals surface area contributed by atoms with Gasteiger partial charge in [-0.1, -0.05) is 24.3 Å². The molecule has 1 spiro atoms. The molecule has 4 rings (SSSR count). The molecule has 2 atom stereocenters. The smallest absolute Gasteiger partial charge is 0.236 e. The summed E-state index contributed by atoms with van der Waals surface area (Å²) in [5, 5.41) is 11.5. The van der Waals surface area contributed by atoms with Gasteiger partial charge in [0, 0.05) is 31.6 Å². The molecule has 3 aliphatic rings. The van der Waals surface area contributed by atoms with Crippen LogP contribution < -0.4 is 0 Å². The SMILES string of the molecule is CN(C)CC(=O)N1CCC2(CC1)c1ccccc1[C@@H](N1CCOCC1)[C@@H]2O. The first-order valence-electron chi connectivity index (χ1n) is 10.0. The van der Waals surface area contributed by atoms with Crippen molar-refractivity contribution in [3.8, 4) is 0 Å². The van der Waals surface area contributed by atoms with E-state index < -0.39 is 6.10 Å². The average molecular weight is 373 g/mol. The van der Waals surface area contributed by atoms with Crippen molar-refractivity contribution in [1.29, 1.82) is 0 Å². The van der Waals surface area contributed by atoms with E-state index in [-0.39, 0.29) is 17.4 Å². The fourth-order valence-corrected chi connectivity index (χ4v) is 5.18. The number of hydrogen-bond donors (Lipinski definition) is 1. The Labute approximate surface area is 161 Å². The molecule has 0 unspecified atom stereocenters. The van der Waals surface area contributed by atoms with Crippen LogP contribution in [0.25, 0.3) is 0 Å². The van der Waals surface area contributed by atoms with Crippen LogP contribution >= 0.6 is 0 Å². The van der Waals surface area contributed by atoms with Gasteiger partial charge < -0.3 is 19.6 Å². The summed E-state index contributed by atoms with van der Waals surface area (Å²) in [5.74, 6) is 0.181. The van der Waals surface area contributed by atoms with Crippen molar-refractivity contribution in [3.63, 3.8) is 0 Å². The van der Waals surface area contributed by atoms with Gasteiger partial charge in [-0.2, -0.15) is 0 Å². The van der Waals surface area contributed by atoms with Crippen molar-refractivity contribution in [2.45, 2.75) is 30.4 Å². The molecule has 1 aromatic carbocycles. The van der Waals surface area contributed by atoms with E-state index in [2.05, 4.69) is 29.2 Å². The van der Waals surface area contributed by atoms with Gasteiger partial charge in [0.1, 0.15) is 0 Å². The monoisotopic (exact) mass is 373 g/mol. The number of carbonyl (C=O) groups excluding carboxylic acids is 1. The summed E-state index contributed by atoms with van der Waals surface area (Å²) in [6, 6.07) is 8.56. The molecular formula is C21H31N3O3. The van der Waals surface area contributed by atoms with Gasteiger partial charge in [-0.05, 0) is 38.1 Å². The number of aliphatic hydroxyl groups excluding tert-OH is 1. The average Bonchev–Trinajstić information content (AvgIpc) is 2.91. The van der Waals surface area contributed by atoms with E-state index in [1.54, 1.807) is 0 Å². The molecule has 6 heteroatoms. The summed E-state index contributed by atoms with van der Waals surface area (Å²) in [7, 11) is 3.85. The summed E-state index contributed by atoms with van der Waals surface area (Å²) in [5.41, 5.74) is 2.31. The molecule has 2 fully saturated rings. The fourth-order valence-electron chi connectivity index (χ4n) is 5.18. The quantitative estimate of drug-likeness (QED) is 0.852. The molecule has 2 saturated heterocycles. The molecule has 1 aromatic rings. The predicted octanol–water partition coefficient (Wildman–Crippen LogP) is 0.856. The van der Waals surface area contributed by atoms with E-state index in [0.717, 1.165) is 39.1 Å². The number of aliphatic hydroxyl groups is 1. The van der Waals surface area contributed by atoms with Gasteiger partial charge >= 0.3 is 0 Å². The molecular weight excluding hydrogens is 342 g/mol. The summed E-state index contributed by atoms with van der Waals surface area (Å²) < 4.78 is 5.52. The molecule has 2 aliphatic heterocycles. The number of amides is 1. The van der Waals surface area contributed by atoms with E-state index >= 15 is 0 Å². The zero-order valence-electron chi connectivity index (χ0n) is 16.4. The highest BCUT2D eigenvalue weighted by Gasteiger charge is 2.54. The highest BCUT2D eigenvalue weighted by atomic mass is 16.5. The number of likely N-dealkylation sites (N-methyl/N-ethyl adjacent to an activating group) is 1. The van der Waals surface area contributed by atoms with E-state index in [1.165, 1.54) is 11.1 Å². The molecule has 27 heavy (non-hydrogen) atoms. The van der Waals surface area contributed by atoms with Crippen LogP contribution in [0.1, 0.15) is 30.0 Å². The van der Waals surface area contributed by atoms with Crippen molar-refractivity contribution < 1.29 is 14.6 Å². The van der Waals surface area contributed by atoms with Crippen molar-refractivity contribution in [1.82, 2.24) is 14.7 Å². The summed E-state index contributed by atoms with van der Waals surface area (Å²) in [6.07, 6.45) is 1.22. The second kappa shape index (κ2) is 7.51. The minimum atomic E-state index is -0.431. The fraction of sp³-hybridized carbons (Fsp3) is 0.667. The maximum absolute atomic E-state index is 12.5. The minimum Gasteiger partial charge on any atom is -0.390 e. The first-order chi connectivity index (χ1) is 13.0. The van der Waals surface area contributed by atoms with Crippen LogP contribution in [-0.4, -0.2) is 91.9 Å². The first-order valence-corrected chi connectivity index (χ1v) is 10.0. The molecule has 0 bridgehead atoms. The van der Waals surface area contributed by atoms with Crippen LogP contribution in [0, 0.1) is 0 Å². The molecule has 1 amide bonds. The largest absolute Gasteiger partial charge is 0.390 e. The second-order valence-electron chi connectivity index (χ2n) is 8.40. The van der Waals surface area contributed by atoms with Crippen LogP contribution in [0.15, 0.2) is 24.3 Å². The first kappa shape index (κ1) is 18.9. The van der Waals surface area contributed by atoms with Crippen LogP contribution in [0.5, 0.6) is 0 Å². The molecule has 1 aliphatic carbocycles. The number of benzene rings is 1. The number of rotatable bonds is 3. The Morgan fingerprint density at radius 1 is 1.19 bits per heavy atom. The Morgan fingerprint density at radius 2 is 1.85 bits per heavy atom. The molecule has 0 saturated carbocycles. The summed E-state index contributed by atoms with van der Waals surface area (Å²) in [4.78, 5) is 18.7. The van der Waals surface area contributed by atoms with Crippen molar-refractivity contribution >= 4 is 5.91 Å². The number of likely N-dealkylation sites (tertiary alicyclic amines) is 1. The third-order valence-electron chi connectivity index (χ3n) is 6.58. The van der Waals surface area contributed by atoms with Crippen LogP contribution in [-0.2, 0) is 14.9 Å². The number of carbonyl (C=O) groups is 1. The molecule has 2 heterocycles. The third-order valence-corrected chi connectivity index (χ3v) is 6.58. The van der Waals surface area contributed by atoms with E-state index in [0.29, 0.717) is 19.6 Å².